The maximum absolute atomic E-state index is 12.3. The third kappa shape index (κ3) is 4.56. The molecule has 0 spiro atoms. The highest BCUT2D eigenvalue weighted by atomic mass is 32.2. The Balaban J connectivity index is 1.93. The Morgan fingerprint density at radius 3 is 2.67 bits per heavy atom. The first-order valence-corrected chi connectivity index (χ1v) is 8.79. The summed E-state index contributed by atoms with van der Waals surface area (Å²) in [5.74, 6) is 0.889. The van der Waals surface area contributed by atoms with Gasteiger partial charge in [0.15, 0.2) is 5.82 Å². The number of aromatic nitrogens is 2. The normalized spacial score (nSPS) is 11.1. The van der Waals surface area contributed by atoms with Crippen LogP contribution in [0.2, 0.25) is 0 Å². The van der Waals surface area contributed by atoms with Crippen molar-refractivity contribution < 1.29 is 13.2 Å². The van der Waals surface area contributed by atoms with Crippen LogP contribution in [0.5, 0.6) is 5.75 Å². The van der Waals surface area contributed by atoms with E-state index in [0.29, 0.717) is 18.1 Å². The Bertz CT molecular complexity index is 780. The lowest BCUT2D eigenvalue weighted by Crippen LogP contribution is -2.29. The van der Waals surface area contributed by atoms with Crippen molar-refractivity contribution >= 4 is 21.5 Å². The van der Waals surface area contributed by atoms with Crippen molar-refractivity contribution in [1.82, 2.24) is 14.9 Å². The maximum atomic E-state index is 12.3. The molecule has 0 saturated carbocycles. The minimum atomic E-state index is -3.64. The van der Waals surface area contributed by atoms with Gasteiger partial charge in [-0.05, 0) is 12.1 Å². The van der Waals surface area contributed by atoms with Gasteiger partial charge >= 0.3 is 0 Å². The van der Waals surface area contributed by atoms with Crippen LogP contribution in [0.4, 0.5) is 11.5 Å². The van der Waals surface area contributed by atoms with Gasteiger partial charge < -0.3 is 15.0 Å². The average molecular weight is 351 g/mol. The number of rotatable bonds is 8. The largest absolute Gasteiger partial charge is 0.495 e. The Labute approximate surface area is 141 Å². The molecule has 2 rings (SSSR count). The Morgan fingerprint density at radius 2 is 1.96 bits per heavy atom. The molecule has 0 amide bonds. The number of benzene rings is 1. The number of hydrogen-bond acceptors (Lipinski definition) is 7. The molecular formula is C15H21N5O3S. The van der Waals surface area contributed by atoms with Crippen molar-refractivity contribution in [2.45, 2.75) is 4.90 Å². The maximum Gasteiger partial charge on any atom is 0.244 e. The molecule has 130 valence electrons. The molecular weight excluding hydrogens is 330 g/mol. The molecule has 9 heteroatoms. The summed E-state index contributed by atoms with van der Waals surface area (Å²) in [6, 6.07) is 8.31. The summed E-state index contributed by atoms with van der Waals surface area (Å²) >= 11 is 0. The van der Waals surface area contributed by atoms with E-state index in [2.05, 4.69) is 20.2 Å². The van der Waals surface area contributed by atoms with E-state index in [1.54, 1.807) is 24.4 Å². The highest BCUT2D eigenvalue weighted by Crippen LogP contribution is 2.22. The number of ether oxygens (including phenoxy) is 1. The van der Waals surface area contributed by atoms with E-state index in [0.717, 1.165) is 5.69 Å². The summed E-state index contributed by atoms with van der Waals surface area (Å²) in [7, 11) is 1.61. The van der Waals surface area contributed by atoms with E-state index in [1.807, 2.05) is 25.1 Å². The zero-order valence-electron chi connectivity index (χ0n) is 13.9. The number of methoxy groups -OCH3 is 1. The summed E-state index contributed by atoms with van der Waals surface area (Å²) in [5.41, 5.74) is 0.905. The van der Waals surface area contributed by atoms with Gasteiger partial charge in [0.1, 0.15) is 10.6 Å². The van der Waals surface area contributed by atoms with Gasteiger partial charge in [0.2, 0.25) is 10.0 Å². The average Bonchev–Trinajstić information content (AvgIpc) is 2.59. The van der Waals surface area contributed by atoms with Gasteiger partial charge in [-0.25, -0.2) is 13.1 Å². The summed E-state index contributed by atoms with van der Waals surface area (Å²) < 4.78 is 32.2. The standard InChI is InChI=1S/C15H21N5O3S/c1-20(2)12-10-15(19-17-11-12)16-8-9-18-24(21,22)14-7-5-4-6-13(14)23-3/h4-7,10-11,18H,8-9H2,1-3H3,(H,16,19). The number of sulfonamides is 1. The van der Waals surface area contributed by atoms with Crippen LogP contribution >= 0.6 is 0 Å². The van der Waals surface area contributed by atoms with Gasteiger partial charge in [0.25, 0.3) is 0 Å². The lowest BCUT2D eigenvalue weighted by Gasteiger charge is -2.13. The van der Waals surface area contributed by atoms with Gasteiger partial charge in [-0.1, -0.05) is 12.1 Å². The molecule has 8 nitrogen and oxygen atoms in total. The lowest BCUT2D eigenvalue weighted by atomic mass is 10.3. The highest BCUT2D eigenvalue weighted by Gasteiger charge is 2.18. The Hall–Kier alpha value is -2.39. The first-order chi connectivity index (χ1) is 11.4. The minimum absolute atomic E-state index is 0.113. The number of anilines is 2. The first kappa shape index (κ1) is 18.0. The lowest BCUT2D eigenvalue weighted by molar-refractivity contribution is 0.402. The monoisotopic (exact) mass is 351 g/mol. The zero-order valence-corrected chi connectivity index (χ0v) is 14.7. The Kier molecular flexibility index (Phi) is 5.93. The van der Waals surface area contributed by atoms with E-state index in [1.165, 1.54) is 13.2 Å². The van der Waals surface area contributed by atoms with Crippen LogP contribution in [0, 0.1) is 0 Å². The predicted molar refractivity (Wildman–Crippen MR) is 93.0 cm³/mol. The van der Waals surface area contributed by atoms with Gasteiger partial charge in [-0.2, -0.15) is 5.10 Å². The molecule has 0 saturated heterocycles. The molecule has 0 bridgehead atoms. The molecule has 0 aliphatic rings. The van der Waals surface area contributed by atoms with Crippen LogP contribution in [0.15, 0.2) is 41.4 Å². The topological polar surface area (TPSA) is 96.5 Å². The van der Waals surface area contributed by atoms with Crippen LogP contribution in [-0.4, -0.2) is 52.9 Å². The van der Waals surface area contributed by atoms with Gasteiger partial charge in [-0.15, -0.1) is 5.10 Å². The van der Waals surface area contributed by atoms with Gasteiger partial charge in [0.05, 0.1) is 19.0 Å². The summed E-state index contributed by atoms with van der Waals surface area (Å²) in [5, 5.41) is 10.9. The van der Waals surface area contributed by atoms with Crippen LogP contribution < -0.4 is 19.7 Å². The summed E-state index contributed by atoms with van der Waals surface area (Å²) in [4.78, 5) is 2.02. The number of hydrogen-bond donors (Lipinski definition) is 2. The molecule has 2 aromatic rings. The van der Waals surface area contributed by atoms with E-state index >= 15 is 0 Å². The first-order valence-electron chi connectivity index (χ1n) is 7.30. The molecule has 0 radical (unpaired) electrons. The third-order valence-corrected chi connectivity index (χ3v) is 4.74. The van der Waals surface area contributed by atoms with E-state index in [4.69, 9.17) is 4.74 Å². The van der Waals surface area contributed by atoms with E-state index in [9.17, 15) is 8.42 Å². The summed E-state index contributed by atoms with van der Waals surface area (Å²) in [6.45, 7) is 0.578. The fourth-order valence-corrected chi connectivity index (χ4v) is 3.18. The van der Waals surface area contributed by atoms with E-state index < -0.39 is 10.0 Å². The van der Waals surface area contributed by atoms with Crippen molar-refractivity contribution in [2.75, 3.05) is 44.5 Å². The molecule has 0 fully saturated rings. The number of para-hydroxylation sites is 1. The molecule has 24 heavy (non-hydrogen) atoms. The number of nitrogens with zero attached hydrogens (tertiary/aromatic N) is 3. The van der Waals surface area contributed by atoms with Crippen molar-refractivity contribution in [3.8, 4) is 5.75 Å². The third-order valence-electron chi connectivity index (χ3n) is 3.24. The van der Waals surface area contributed by atoms with Crippen LogP contribution in [0.25, 0.3) is 0 Å². The predicted octanol–water partition coefficient (Wildman–Crippen LogP) is 0.942. The molecule has 1 aromatic heterocycles. The Morgan fingerprint density at radius 1 is 1.21 bits per heavy atom. The molecule has 2 N–H and O–H groups in total. The van der Waals surface area contributed by atoms with Crippen molar-refractivity contribution in [1.29, 1.82) is 0 Å². The van der Waals surface area contributed by atoms with Crippen LogP contribution in [-0.2, 0) is 10.0 Å². The second kappa shape index (κ2) is 7.93. The van der Waals surface area contributed by atoms with Gasteiger partial charge in [0, 0.05) is 33.3 Å². The second-order valence-corrected chi connectivity index (χ2v) is 6.90. The van der Waals surface area contributed by atoms with E-state index in [-0.39, 0.29) is 11.4 Å². The molecule has 0 aliphatic heterocycles. The van der Waals surface area contributed by atoms with Crippen molar-refractivity contribution in [3.05, 3.63) is 36.5 Å². The minimum Gasteiger partial charge on any atom is -0.495 e. The molecule has 0 aliphatic carbocycles. The van der Waals surface area contributed by atoms with Crippen LogP contribution in [0.3, 0.4) is 0 Å². The van der Waals surface area contributed by atoms with Gasteiger partial charge in [-0.3, -0.25) is 0 Å². The smallest absolute Gasteiger partial charge is 0.244 e. The highest BCUT2D eigenvalue weighted by molar-refractivity contribution is 7.89. The molecule has 0 atom stereocenters. The SMILES string of the molecule is COc1ccccc1S(=O)(=O)NCCNc1cc(N(C)C)cnn1. The molecule has 0 unspecified atom stereocenters. The molecule has 1 aromatic carbocycles. The zero-order chi connectivity index (χ0) is 17.6. The van der Waals surface area contributed by atoms with Crippen LogP contribution in [0.1, 0.15) is 0 Å². The number of nitrogens with one attached hydrogen (secondary N) is 2. The fraction of sp³-hybridized carbons (Fsp3) is 0.333. The van der Waals surface area contributed by atoms with Crippen molar-refractivity contribution in [2.24, 2.45) is 0 Å². The van der Waals surface area contributed by atoms with Crippen molar-refractivity contribution in [3.63, 3.8) is 0 Å². The molecule has 1 heterocycles. The quantitative estimate of drug-likeness (QED) is 0.683. The second-order valence-electron chi connectivity index (χ2n) is 5.17. The fourth-order valence-electron chi connectivity index (χ4n) is 1.98. The summed E-state index contributed by atoms with van der Waals surface area (Å²) in [6.07, 6.45) is 1.65.